The second-order valence-corrected chi connectivity index (χ2v) is 6.49. The van der Waals surface area contributed by atoms with E-state index in [-0.39, 0.29) is 11.7 Å². The second-order valence-electron chi connectivity index (χ2n) is 5.14. The van der Waals surface area contributed by atoms with Crippen molar-refractivity contribution in [1.82, 2.24) is 10.1 Å². The lowest BCUT2D eigenvalue weighted by molar-refractivity contribution is -0.694. The van der Waals surface area contributed by atoms with Crippen molar-refractivity contribution in [2.45, 2.75) is 12.1 Å². The van der Waals surface area contributed by atoms with E-state index in [0.29, 0.717) is 10.7 Å². The van der Waals surface area contributed by atoms with E-state index in [0.717, 1.165) is 16.4 Å². The molecule has 1 amide bonds. The minimum Gasteiger partial charge on any atom is -0.325 e. The molecule has 1 aromatic heterocycles. The van der Waals surface area contributed by atoms with E-state index < -0.39 is 0 Å². The first kappa shape index (κ1) is 16.5. The molecule has 0 unspecified atom stereocenters. The minimum atomic E-state index is -0.109. The van der Waals surface area contributed by atoms with Crippen molar-refractivity contribution in [3.63, 3.8) is 0 Å². The van der Waals surface area contributed by atoms with E-state index >= 15 is 0 Å². The summed E-state index contributed by atoms with van der Waals surface area (Å²) in [6.45, 7) is 1.92. The Bertz CT molecular complexity index is 851. The van der Waals surface area contributed by atoms with E-state index in [9.17, 15) is 4.79 Å². The van der Waals surface area contributed by atoms with Gasteiger partial charge in [0.25, 0.3) is 0 Å². The van der Waals surface area contributed by atoms with Crippen molar-refractivity contribution in [1.29, 1.82) is 0 Å². The van der Waals surface area contributed by atoms with Gasteiger partial charge in [-0.1, -0.05) is 35.9 Å². The highest BCUT2D eigenvalue weighted by Crippen LogP contribution is 2.20. The number of nitrogens with one attached hydrogen (secondary N) is 2. The maximum Gasteiger partial charge on any atom is 0.385 e. The van der Waals surface area contributed by atoms with Gasteiger partial charge in [0.2, 0.25) is 12.2 Å². The number of rotatable bonds is 5. The van der Waals surface area contributed by atoms with Crippen LogP contribution in [0, 0.1) is 6.92 Å². The number of para-hydroxylation sites is 1. The molecular weight excluding hydrogens is 344 g/mol. The summed E-state index contributed by atoms with van der Waals surface area (Å²) in [7, 11) is 0. The molecule has 2 N–H and O–H groups in total. The molecular formula is C17H16ClN4OS+. The molecule has 2 aromatic carbocycles. The molecule has 24 heavy (non-hydrogen) atoms. The van der Waals surface area contributed by atoms with Crippen LogP contribution in [0.15, 0.2) is 60.0 Å². The van der Waals surface area contributed by atoms with Gasteiger partial charge in [-0.15, -0.1) is 4.68 Å². The highest BCUT2D eigenvalue weighted by molar-refractivity contribution is 7.99. The Morgan fingerprint density at radius 2 is 2.08 bits per heavy atom. The number of carbonyl (C=O) groups is 1. The van der Waals surface area contributed by atoms with Crippen LogP contribution in [-0.2, 0) is 4.79 Å². The first-order valence-corrected chi connectivity index (χ1v) is 8.69. The normalized spacial score (nSPS) is 10.6. The van der Waals surface area contributed by atoms with Crippen LogP contribution in [0.2, 0.25) is 5.02 Å². The molecule has 0 fully saturated rings. The van der Waals surface area contributed by atoms with E-state index in [4.69, 9.17) is 11.6 Å². The molecule has 0 saturated heterocycles. The van der Waals surface area contributed by atoms with Crippen LogP contribution in [0.25, 0.3) is 5.69 Å². The average molecular weight is 360 g/mol. The van der Waals surface area contributed by atoms with Gasteiger partial charge in [-0.3, -0.25) is 4.79 Å². The maximum absolute atomic E-state index is 12.1. The Hall–Kier alpha value is -2.31. The summed E-state index contributed by atoms with van der Waals surface area (Å²) in [5.74, 6) is 0.144. The van der Waals surface area contributed by atoms with Crippen LogP contribution in [0.3, 0.4) is 0 Å². The van der Waals surface area contributed by atoms with E-state index in [1.807, 2.05) is 54.1 Å². The number of carbonyl (C=O) groups excluding carboxylic acids is 1. The summed E-state index contributed by atoms with van der Waals surface area (Å²) in [6, 6.07) is 15.3. The SMILES string of the molecule is Cc1ccc(NC(=O)CSc2nc[nH][n+]2-c2ccccc2)cc1Cl. The maximum atomic E-state index is 12.1. The highest BCUT2D eigenvalue weighted by atomic mass is 35.5. The Labute approximate surface area is 149 Å². The molecule has 1 heterocycles. The minimum absolute atomic E-state index is 0.109. The quantitative estimate of drug-likeness (QED) is 0.542. The van der Waals surface area contributed by atoms with E-state index in [1.165, 1.54) is 11.8 Å². The van der Waals surface area contributed by atoms with E-state index in [1.54, 1.807) is 12.4 Å². The van der Waals surface area contributed by atoms with Crippen molar-refractivity contribution in [2.24, 2.45) is 0 Å². The number of hydrogen-bond donors (Lipinski definition) is 2. The average Bonchev–Trinajstić information content (AvgIpc) is 3.06. The Balaban J connectivity index is 1.63. The summed E-state index contributed by atoms with van der Waals surface area (Å²) in [6.07, 6.45) is 1.60. The molecule has 0 aliphatic carbocycles. The predicted molar refractivity (Wildman–Crippen MR) is 95.7 cm³/mol. The smallest absolute Gasteiger partial charge is 0.325 e. The summed E-state index contributed by atoms with van der Waals surface area (Å²) < 4.78 is 1.83. The number of benzene rings is 2. The van der Waals surface area contributed by atoms with Gasteiger partial charge in [0.15, 0.2) is 5.69 Å². The number of aromatic nitrogens is 3. The topological polar surface area (TPSA) is 61.7 Å². The number of halogens is 1. The van der Waals surface area contributed by atoms with Crippen molar-refractivity contribution >= 4 is 35.0 Å². The number of H-pyrrole nitrogens is 1. The fourth-order valence-electron chi connectivity index (χ4n) is 2.12. The number of hydrogen-bond acceptors (Lipinski definition) is 3. The van der Waals surface area contributed by atoms with Crippen LogP contribution in [0.4, 0.5) is 5.69 Å². The summed E-state index contributed by atoms with van der Waals surface area (Å²) >= 11 is 7.43. The predicted octanol–water partition coefficient (Wildman–Crippen LogP) is 3.38. The Morgan fingerprint density at radius 3 is 2.83 bits per heavy atom. The molecule has 3 aromatic rings. The van der Waals surface area contributed by atoms with E-state index in [2.05, 4.69) is 15.4 Å². The lowest BCUT2D eigenvalue weighted by Gasteiger charge is -2.05. The van der Waals surface area contributed by atoms with Gasteiger partial charge in [-0.2, -0.15) is 5.10 Å². The molecule has 0 aliphatic rings. The number of aromatic amines is 1. The Kier molecular flexibility index (Phi) is 5.17. The monoisotopic (exact) mass is 359 g/mol. The zero-order valence-electron chi connectivity index (χ0n) is 13.0. The Morgan fingerprint density at radius 1 is 1.29 bits per heavy atom. The molecule has 0 saturated carbocycles. The van der Waals surface area contributed by atoms with Crippen LogP contribution in [0.5, 0.6) is 0 Å². The molecule has 0 radical (unpaired) electrons. The number of aryl methyl sites for hydroxylation is 1. The number of nitrogens with zero attached hydrogens (tertiary/aromatic N) is 2. The van der Waals surface area contributed by atoms with Crippen LogP contribution < -0.4 is 10.00 Å². The van der Waals surface area contributed by atoms with Gasteiger partial charge in [-0.25, -0.2) is 0 Å². The summed E-state index contributed by atoms with van der Waals surface area (Å²) in [5.41, 5.74) is 2.63. The van der Waals surface area contributed by atoms with Gasteiger partial charge in [0.1, 0.15) is 0 Å². The van der Waals surface area contributed by atoms with Gasteiger partial charge in [0.05, 0.1) is 5.75 Å². The molecule has 0 atom stereocenters. The van der Waals surface area contributed by atoms with Gasteiger partial charge >= 0.3 is 5.16 Å². The van der Waals surface area contributed by atoms with Gasteiger partial charge < -0.3 is 5.32 Å². The summed E-state index contributed by atoms with van der Waals surface area (Å²) in [4.78, 5) is 16.4. The molecule has 0 spiro atoms. The number of thioether (sulfide) groups is 1. The van der Waals surface area contributed by atoms with Crippen LogP contribution in [-0.4, -0.2) is 21.7 Å². The zero-order chi connectivity index (χ0) is 16.9. The van der Waals surface area contributed by atoms with Gasteiger partial charge in [0, 0.05) is 10.7 Å². The first-order chi connectivity index (χ1) is 11.6. The molecule has 7 heteroatoms. The van der Waals surface area contributed by atoms with Crippen LogP contribution in [0.1, 0.15) is 5.56 Å². The molecule has 0 aliphatic heterocycles. The fraction of sp³-hybridized carbons (Fsp3) is 0.118. The van der Waals surface area contributed by atoms with Gasteiger partial charge in [-0.05, 0) is 53.5 Å². The second kappa shape index (κ2) is 7.51. The highest BCUT2D eigenvalue weighted by Gasteiger charge is 2.18. The van der Waals surface area contributed by atoms with Crippen molar-refractivity contribution < 1.29 is 9.48 Å². The number of anilines is 1. The summed E-state index contributed by atoms with van der Waals surface area (Å²) in [5, 5.41) is 7.24. The molecule has 0 bridgehead atoms. The third-order valence-electron chi connectivity index (χ3n) is 3.36. The first-order valence-electron chi connectivity index (χ1n) is 7.33. The van der Waals surface area contributed by atoms with Crippen molar-refractivity contribution in [3.8, 4) is 5.69 Å². The zero-order valence-corrected chi connectivity index (χ0v) is 14.6. The molecule has 5 nitrogen and oxygen atoms in total. The van der Waals surface area contributed by atoms with Crippen molar-refractivity contribution in [2.75, 3.05) is 11.1 Å². The third kappa shape index (κ3) is 3.96. The lowest BCUT2D eigenvalue weighted by atomic mass is 10.2. The lowest BCUT2D eigenvalue weighted by Crippen LogP contribution is -2.35. The molecule has 122 valence electrons. The van der Waals surface area contributed by atoms with Crippen molar-refractivity contribution in [3.05, 3.63) is 65.4 Å². The molecule has 3 rings (SSSR count). The largest absolute Gasteiger partial charge is 0.385 e. The van der Waals surface area contributed by atoms with Crippen LogP contribution >= 0.6 is 23.4 Å². The third-order valence-corrected chi connectivity index (χ3v) is 4.72. The fourth-order valence-corrected chi connectivity index (χ4v) is 3.04. The standard InChI is InChI=1S/C17H15ClN4OS/c1-12-7-8-13(9-15(12)18)21-16(23)10-24-17-19-11-20-22(17)14-5-3-2-4-6-14/h2-9,11H,10H2,1H3,(H,21,23)/p+1. The number of amides is 1.